The van der Waals surface area contributed by atoms with Crippen LogP contribution in [0.15, 0.2) is 24.3 Å². The van der Waals surface area contributed by atoms with Crippen LogP contribution in [0.2, 0.25) is 0 Å². The smallest absolute Gasteiger partial charge is 0.374 e. The number of alkyl halides is 2. The molecule has 0 amide bonds. The van der Waals surface area contributed by atoms with Gasteiger partial charge in [-0.05, 0) is 31.5 Å². The molecular formula is C12H14F2O3. The Kier molecular flexibility index (Phi) is 4.04. The predicted octanol–water partition coefficient (Wildman–Crippen LogP) is 2.74. The van der Waals surface area contributed by atoms with Crippen LogP contribution in [0.25, 0.3) is 0 Å². The second-order valence-corrected chi connectivity index (χ2v) is 4.00. The Hall–Kier alpha value is -1.65. The van der Waals surface area contributed by atoms with Gasteiger partial charge in [0.15, 0.2) is 0 Å². The lowest BCUT2D eigenvalue weighted by molar-refractivity contribution is -0.164. The van der Waals surface area contributed by atoms with Crippen LogP contribution in [0.5, 0.6) is 5.75 Å². The Morgan fingerprint density at radius 3 is 2.29 bits per heavy atom. The van der Waals surface area contributed by atoms with E-state index in [9.17, 15) is 13.6 Å². The van der Waals surface area contributed by atoms with Gasteiger partial charge in [0.1, 0.15) is 5.75 Å². The van der Waals surface area contributed by atoms with Gasteiger partial charge >= 0.3 is 11.9 Å². The standard InChI is InChI=1S/C12H14F2O3/c1-8(2)17-10-5-3-9(4-6-10)7-12(13,14)11(15)16/h3-6,8H,7H2,1-2H3,(H,15,16). The van der Waals surface area contributed by atoms with Crippen molar-refractivity contribution in [1.82, 2.24) is 0 Å². The molecule has 0 bridgehead atoms. The van der Waals surface area contributed by atoms with E-state index in [-0.39, 0.29) is 11.7 Å². The van der Waals surface area contributed by atoms with Crippen LogP contribution < -0.4 is 4.74 Å². The summed E-state index contributed by atoms with van der Waals surface area (Å²) >= 11 is 0. The van der Waals surface area contributed by atoms with E-state index in [4.69, 9.17) is 9.84 Å². The maximum atomic E-state index is 12.9. The maximum Gasteiger partial charge on any atom is 0.374 e. The maximum absolute atomic E-state index is 12.9. The minimum Gasteiger partial charge on any atom is -0.491 e. The zero-order valence-corrected chi connectivity index (χ0v) is 9.61. The lowest BCUT2D eigenvalue weighted by atomic mass is 10.1. The van der Waals surface area contributed by atoms with Crippen molar-refractivity contribution in [3.8, 4) is 5.75 Å². The molecule has 94 valence electrons. The van der Waals surface area contributed by atoms with Crippen LogP contribution in [0, 0.1) is 0 Å². The fraction of sp³-hybridized carbons (Fsp3) is 0.417. The highest BCUT2D eigenvalue weighted by atomic mass is 19.3. The van der Waals surface area contributed by atoms with Crippen molar-refractivity contribution in [2.24, 2.45) is 0 Å². The van der Waals surface area contributed by atoms with E-state index in [1.54, 1.807) is 12.1 Å². The number of carboxylic acids is 1. The topological polar surface area (TPSA) is 46.5 Å². The normalized spacial score (nSPS) is 11.6. The summed E-state index contributed by atoms with van der Waals surface area (Å²) in [7, 11) is 0. The summed E-state index contributed by atoms with van der Waals surface area (Å²) in [5.74, 6) is -5.28. The number of ether oxygens (including phenoxy) is 1. The Labute approximate surface area is 98.0 Å². The average Bonchev–Trinajstić information content (AvgIpc) is 2.19. The highest BCUT2D eigenvalue weighted by Crippen LogP contribution is 2.22. The summed E-state index contributed by atoms with van der Waals surface area (Å²) in [6, 6.07) is 5.98. The average molecular weight is 244 g/mol. The minimum atomic E-state index is -3.74. The lowest BCUT2D eigenvalue weighted by Crippen LogP contribution is -2.30. The summed E-state index contributed by atoms with van der Waals surface area (Å²) in [6.45, 7) is 3.71. The number of halogens is 2. The number of benzene rings is 1. The Morgan fingerprint density at radius 2 is 1.88 bits per heavy atom. The first-order valence-electron chi connectivity index (χ1n) is 5.18. The van der Waals surface area contributed by atoms with E-state index in [1.807, 2.05) is 13.8 Å². The molecule has 0 spiro atoms. The third kappa shape index (κ3) is 4.01. The van der Waals surface area contributed by atoms with Gasteiger partial charge in [-0.2, -0.15) is 8.78 Å². The van der Waals surface area contributed by atoms with Gasteiger partial charge in [-0.15, -0.1) is 0 Å². The quantitative estimate of drug-likeness (QED) is 0.866. The van der Waals surface area contributed by atoms with Crippen molar-refractivity contribution in [2.45, 2.75) is 32.3 Å². The molecule has 0 aliphatic carbocycles. The first kappa shape index (κ1) is 13.4. The number of hydrogen-bond acceptors (Lipinski definition) is 2. The van der Waals surface area contributed by atoms with Crippen LogP contribution in [-0.4, -0.2) is 23.1 Å². The van der Waals surface area contributed by atoms with Gasteiger partial charge in [0.25, 0.3) is 0 Å². The number of carbonyl (C=O) groups is 1. The summed E-state index contributed by atoms with van der Waals surface area (Å²) in [5.41, 5.74) is 0.258. The highest BCUT2D eigenvalue weighted by Gasteiger charge is 2.38. The van der Waals surface area contributed by atoms with Gasteiger partial charge in [0.2, 0.25) is 0 Å². The van der Waals surface area contributed by atoms with Crippen molar-refractivity contribution >= 4 is 5.97 Å². The summed E-state index contributed by atoms with van der Waals surface area (Å²) in [4.78, 5) is 10.3. The number of hydrogen-bond donors (Lipinski definition) is 1. The molecule has 0 aliphatic rings. The Balaban J connectivity index is 2.72. The van der Waals surface area contributed by atoms with E-state index in [1.165, 1.54) is 12.1 Å². The van der Waals surface area contributed by atoms with Crippen LogP contribution in [0.1, 0.15) is 19.4 Å². The first-order valence-corrected chi connectivity index (χ1v) is 5.18. The van der Waals surface area contributed by atoms with Crippen molar-refractivity contribution < 1.29 is 23.4 Å². The molecule has 1 aromatic rings. The molecule has 0 saturated heterocycles. The third-order valence-electron chi connectivity index (χ3n) is 2.03. The van der Waals surface area contributed by atoms with E-state index in [2.05, 4.69) is 0 Å². The van der Waals surface area contributed by atoms with Gasteiger partial charge < -0.3 is 9.84 Å². The van der Waals surface area contributed by atoms with E-state index in [0.717, 1.165) is 0 Å². The third-order valence-corrected chi connectivity index (χ3v) is 2.03. The molecule has 17 heavy (non-hydrogen) atoms. The largest absolute Gasteiger partial charge is 0.491 e. The van der Waals surface area contributed by atoms with Crippen molar-refractivity contribution in [3.05, 3.63) is 29.8 Å². The van der Waals surface area contributed by atoms with Crippen LogP contribution in [0.3, 0.4) is 0 Å². The number of aliphatic carboxylic acids is 1. The van der Waals surface area contributed by atoms with E-state index >= 15 is 0 Å². The first-order chi connectivity index (χ1) is 7.81. The molecule has 0 atom stereocenters. The van der Waals surface area contributed by atoms with Crippen LogP contribution >= 0.6 is 0 Å². The van der Waals surface area contributed by atoms with Gasteiger partial charge in [-0.3, -0.25) is 0 Å². The molecule has 0 heterocycles. The van der Waals surface area contributed by atoms with Gasteiger partial charge in [-0.25, -0.2) is 4.79 Å². The molecule has 1 N–H and O–H groups in total. The minimum absolute atomic E-state index is 0.00121. The van der Waals surface area contributed by atoms with Crippen LogP contribution in [0.4, 0.5) is 8.78 Å². The molecule has 0 unspecified atom stereocenters. The van der Waals surface area contributed by atoms with E-state index in [0.29, 0.717) is 5.75 Å². The lowest BCUT2D eigenvalue weighted by Gasteiger charge is -2.12. The molecule has 1 rings (SSSR count). The number of rotatable bonds is 5. The summed E-state index contributed by atoms with van der Waals surface area (Å²) in [5, 5.41) is 8.30. The molecule has 1 aromatic carbocycles. The highest BCUT2D eigenvalue weighted by molar-refractivity contribution is 5.75. The monoisotopic (exact) mass is 244 g/mol. The fourth-order valence-corrected chi connectivity index (χ4v) is 1.29. The Bertz CT molecular complexity index is 385. The van der Waals surface area contributed by atoms with Gasteiger partial charge in [0, 0.05) is 6.42 Å². The number of carboxylic acid groups (broad SMARTS) is 1. The second kappa shape index (κ2) is 5.12. The summed E-state index contributed by atoms with van der Waals surface area (Å²) in [6.07, 6.45) is -0.814. The molecule has 0 aromatic heterocycles. The molecule has 3 nitrogen and oxygen atoms in total. The molecular weight excluding hydrogens is 230 g/mol. The molecule has 0 fully saturated rings. The SMILES string of the molecule is CC(C)Oc1ccc(CC(F)(F)C(=O)O)cc1. The van der Waals surface area contributed by atoms with Crippen molar-refractivity contribution in [3.63, 3.8) is 0 Å². The molecule has 0 aliphatic heterocycles. The molecule has 0 saturated carbocycles. The Morgan fingerprint density at radius 1 is 1.35 bits per heavy atom. The second-order valence-electron chi connectivity index (χ2n) is 4.00. The zero-order valence-electron chi connectivity index (χ0n) is 9.61. The zero-order chi connectivity index (χ0) is 13.1. The fourth-order valence-electron chi connectivity index (χ4n) is 1.29. The van der Waals surface area contributed by atoms with Crippen molar-refractivity contribution in [2.75, 3.05) is 0 Å². The molecule has 0 radical (unpaired) electrons. The van der Waals surface area contributed by atoms with E-state index < -0.39 is 18.3 Å². The predicted molar refractivity (Wildman–Crippen MR) is 58.5 cm³/mol. The molecule has 5 heteroatoms. The van der Waals surface area contributed by atoms with Crippen molar-refractivity contribution in [1.29, 1.82) is 0 Å². The van der Waals surface area contributed by atoms with Gasteiger partial charge in [0.05, 0.1) is 6.10 Å². The summed E-state index contributed by atoms with van der Waals surface area (Å²) < 4.78 is 31.2. The van der Waals surface area contributed by atoms with Gasteiger partial charge in [-0.1, -0.05) is 12.1 Å². The van der Waals surface area contributed by atoms with Crippen LogP contribution in [-0.2, 0) is 11.2 Å².